The number of H-pyrrole nitrogens is 1. The molecule has 0 saturated heterocycles. The van der Waals surface area contributed by atoms with Gasteiger partial charge in [0.05, 0.1) is 11.0 Å². The van der Waals surface area contributed by atoms with Gasteiger partial charge in [-0.15, -0.1) is 0 Å². The minimum Gasteiger partial charge on any atom is -0.454 e. The lowest BCUT2D eigenvalue weighted by Gasteiger charge is -1.96. The zero-order valence-electron chi connectivity index (χ0n) is 9.81. The highest BCUT2D eigenvalue weighted by atomic mass is 35.5. The van der Waals surface area contributed by atoms with Gasteiger partial charge in [0.2, 0.25) is 6.79 Å². The maximum Gasteiger partial charge on any atom is 0.231 e. The van der Waals surface area contributed by atoms with Crippen LogP contribution in [0.1, 0.15) is 0 Å². The molecule has 0 fully saturated rings. The maximum atomic E-state index is 5.99. The fraction of sp³-hybridized carbons (Fsp3) is 0.0714. The van der Waals surface area contributed by atoms with E-state index >= 15 is 0 Å². The highest BCUT2D eigenvalue weighted by Crippen LogP contribution is 2.36. The molecule has 0 unspecified atom stereocenters. The maximum absolute atomic E-state index is 5.99. The van der Waals surface area contributed by atoms with Crippen molar-refractivity contribution >= 4 is 22.6 Å². The minimum absolute atomic E-state index is 0.267. The van der Waals surface area contributed by atoms with Crippen LogP contribution in [-0.2, 0) is 0 Å². The van der Waals surface area contributed by atoms with E-state index in [2.05, 4.69) is 9.97 Å². The second kappa shape index (κ2) is 3.90. The predicted molar refractivity (Wildman–Crippen MR) is 72.7 cm³/mol. The molecule has 0 spiro atoms. The van der Waals surface area contributed by atoms with Crippen molar-refractivity contribution in [1.29, 1.82) is 0 Å². The van der Waals surface area contributed by atoms with Gasteiger partial charge in [-0.05, 0) is 12.1 Å². The Labute approximate surface area is 113 Å². The normalized spacial score (nSPS) is 13.1. The average molecular weight is 273 g/mol. The van der Waals surface area contributed by atoms with Crippen molar-refractivity contribution in [2.45, 2.75) is 0 Å². The van der Waals surface area contributed by atoms with Gasteiger partial charge >= 0.3 is 0 Å². The smallest absolute Gasteiger partial charge is 0.231 e. The summed E-state index contributed by atoms with van der Waals surface area (Å²) in [7, 11) is 0. The van der Waals surface area contributed by atoms with E-state index < -0.39 is 0 Å². The Morgan fingerprint density at radius 1 is 1.11 bits per heavy atom. The molecule has 0 amide bonds. The molecule has 3 aromatic rings. The third kappa shape index (κ3) is 1.72. The van der Waals surface area contributed by atoms with Crippen molar-refractivity contribution in [3.8, 4) is 22.9 Å². The highest BCUT2D eigenvalue weighted by Gasteiger charge is 2.16. The molecular weight excluding hydrogens is 264 g/mol. The molecule has 0 radical (unpaired) electrons. The molecule has 0 aliphatic carbocycles. The monoisotopic (exact) mass is 272 g/mol. The average Bonchev–Trinajstić information content (AvgIpc) is 3.00. The minimum atomic E-state index is 0.267. The molecule has 1 aliphatic heterocycles. The number of hydrogen-bond acceptors (Lipinski definition) is 3. The lowest BCUT2D eigenvalue weighted by Crippen LogP contribution is -1.92. The third-order valence-electron chi connectivity index (χ3n) is 3.07. The van der Waals surface area contributed by atoms with E-state index in [1.807, 2.05) is 36.4 Å². The summed E-state index contributed by atoms with van der Waals surface area (Å²) in [6, 6.07) is 11.4. The molecule has 2 heterocycles. The van der Waals surface area contributed by atoms with Crippen LogP contribution in [0.25, 0.3) is 22.4 Å². The van der Waals surface area contributed by atoms with Gasteiger partial charge in [0.1, 0.15) is 5.82 Å². The molecule has 1 aromatic heterocycles. The Balaban J connectivity index is 1.88. The lowest BCUT2D eigenvalue weighted by atomic mass is 10.2. The number of nitrogens with zero attached hydrogens (tertiary/aromatic N) is 1. The Morgan fingerprint density at radius 3 is 2.79 bits per heavy atom. The molecule has 0 atom stereocenters. The molecule has 4 rings (SSSR count). The topological polar surface area (TPSA) is 47.1 Å². The van der Waals surface area contributed by atoms with E-state index in [0.717, 1.165) is 33.9 Å². The summed E-state index contributed by atoms with van der Waals surface area (Å²) < 4.78 is 10.7. The Kier molecular flexibility index (Phi) is 2.19. The van der Waals surface area contributed by atoms with Crippen LogP contribution in [0.4, 0.5) is 0 Å². The number of fused-ring (bicyclic) bond motifs is 2. The molecule has 5 heteroatoms. The molecule has 1 aliphatic rings. The Bertz CT molecular complexity index is 741. The number of imidazole rings is 1. The van der Waals surface area contributed by atoms with Gasteiger partial charge in [0.15, 0.2) is 11.5 Å². The van der Waals surface area contributed by atoms with Crippen LogP contribution in [0.5, 0.6) is 11.5 Å². The molecular formula is C14H9ClN2O2. The first kappa shape index (κ1) is 10.7. The number of aromatic nitrogens is 2. The first-order valence-electron chi connectivity index (χ1n) is 5.85. The van der Waals surface area contributed by atoms with Crippen LogP contribution >= 0.6 is 11.6 Å². The van der Waals surface area contributed by atoms with Crippen LogP contribution in [-0.4, -0.2) is 16.8 Å². The quantitative estimate of drug-likeness (QED) is 0.736. The molecule has 19 heavy (non-hydrogen) atoms. The third-order valence-corrected chi connectivity index (χ3v) is 3.31. The van der Waals surface area contributed by atoms with Crippen LogP contribution in [0.3, 0.4) is 0 Å². The number of hydrogen-bond donors (Lipinski definition) is 1. The van der Waals surface area contributed by atoms with Gasteiger partial charge < -0.3 is 14.5 Å². The summed E-state index contributed by atoms with van der Waals surface area (Å²) in [5.74, 6) is 2.26. The zero-order valence-corrected chi connectivity index (χ0v) is 10.6. The Morgan fingerprint density at radius 2 is 1.95 bits per heavy atom. The second-order valence-electron chi connectivity index (χ2n) is 4.32. The molecule has 0 bridgehead atoms. The lowest BCUT2D eigenvalue weighted by molar-refractivity contribution is 0.174. The molecule has 0 saturated carbocycles. The number of halogens is 1. The summed E-state index contributed by atoms with van der Waals surface area (Å²) in [5.41, 5.74) is 2.71. The second-order valence-corrected chi connectivity index (χ2v) is 4.75. The number of aromatic amines is 1. The van der Waals surface area contributed by atoms with Crippen molar-refractivity contribution in [2.24, 2.45) is 0 Å². The van der Waals surface area contributed by atoms with Crippen LogP contribution in [0.2, 0.25) is 5.02 Å². The summed E-state index contributed by atoms with van der Waals surface area (Å²) >= 11 is 5.99. The van der Waals surface area contributed by atoms with E-state index in [0.29, 0.717) is 5.02 Å². The number of nitrogens with one attached hydrogen (secondary N) is 1. The van der Waals surface area contributed by atoms with Crippen LogP contribution in [0.15, 0.2) is 36.4 Å². The van der Waals surface area contributed by atoms with Crippen LogP contribution in [0, 0.1) is 0 Å². The van der Waals surface area contributed by atoms with E-state index in [4.69, 9.17) is 21.1 Å². The summed E-state index contributed by atoms with van der Waals surface area (Å²) in [5, 5.41) is 0.687. The zero-order chi connectivity index (χ0) is 12.8. The number of ether oxygens (including phenoxy) is 2. The fourth-order valence-electron chi connectivity index (χ4n) is 2.17. The van der Waals surface area contributed by atoms with Crippen molar-refractivity contribution in [2.75, 3.05) is 6.79 Å². The van der Waals surface area contributed by atoms with E-state index in [1.54, 1.807) is 0 Å². The van der Waals surface area contributed by atoms with E-state index in [9.17, 15) is 0 Å². The predicted octanol–water partition coefficient (Wildman–Crippen LogP) is 3.61. The van der Waals surface area contributed by atoms with Gasteiger partial charge in [0.25, 0.3) is 0 Å². The van der Waals surface area contributed by atoms with E-state index in [-0.39, 0.29) is 6.79 Å². The number of rotatable bonds is 1. The molecule has 2 aromatic carbocycles. The van der Waals surface area contributed by atoms with Gasteiger partial charge in [-0.2, -0.15) is 0 Å². The van der Waals surface area contributed by atoms with Gasteiger partial charge in [-0.25, -0.2) is 4.98 Å². The Hall–Kier alpha value is -2.20. The molecule has 1 N–H and O–H groups in total. The fourth-order valence-corrected chi connectivity index (χ4v) is 2.36. The largest absolute Gasteiger partial charge is 0.454 e. The summed E-state index contributed by atoms with van der Waals surface area (Å²) in [6.07, 6.45) is 0. The first-order valence-corrected chi connectivity index (χ1v) is 6.23. The van der Waals surface area contributed by atoms with Gasteiger partial charge in [-0.1, -0.05) is 23.7 Å². The van der Waals surface area contributed by atoms with Crippen LogP contribution < -0.4 is 9.47 Å². The van der Waals surface area contributed by atoms with E-state index in [1.165, 1.54) is 0 Å². The van der Waals surface area contributed by atoms with Crippen molar-refractivity contribution in [3.05, 3.63) is 41.4 Å². The molecule has 94 valence electrons. The highest BCUT2D eigenvalue weighted by molar-refractivity contribution is 6.30. The van der Waals surface area contributed by atoms with Crippen molar-refractivity contribution < 1.29 is 9.47 Å². The molecule has 4 nitrogen and oxygen atoms in total. The number of benzene rings is 2. The van der Waals surface area contributed by atoms with Gasteiger partial charge in [0, 0.05) is 22.7 Å². The SMILES string of the molecule is Clc1cccc(-c2nc3cc4c(cc3[nH]2)OCO4)c1. The summed E-state index contributed by atoms with van der Waals surface area (Å²) in [4.78, 5) is 7.82. The standard InChI is InChI=1S/C14H9ClN2O2/c15-9-3-1-2-8(4-9)14-16-10-5-12-13(19-7-18-12)6-11(10)17-14/h1-6H,7H2,(H,16,17). The van der Waals surface area contributed by atoms with Crippen molar-refractivity contribution in [1.82, 2.24) is 9.97 Å². The van der Waals surface area contributed by atoms with Crippen molar-refractivity contribution in [3.63, 3.8) is 0 Å². The first-order chi connectivity index (χ1) is 9.29. The van der Waals surface area contributed by atoms with Gasteiger partial charge in [-0.3, -0.25) is 0 Å². The summed E-state index contributed by atoms with van der Waals surface area (Å²) in [6.45, 7) is 0.267.